The molecule has 0 amide bonds. The number of halogens is 1. The van der Waals surface area contributed by atoms with E-state index in [1.165, 1.54) is 0 Å². The lowest BCUT2D eigenvalue weighted by molar-refractivity contribution is 0.0697. The molecule has 2 rings (SSSR count). The lowest BCUT2D eigenvalue weighted by atomic mass is 10.3. The summed E-state index contributed by atoms with van der Waals surface area (Å²) in [5.41, 5.74) is 1.26. The minimum atomic E-state index is -0.929. The Morgan fingerprint density at radius 1 is 1.60 bits per heavy atom. The van der Waals surface area contributed by atoms with Gasteiger partial charge in [0.05, 0.1) is 29.2 Å². The molecule has 0 radical (unpaired) electrons. The van der Waals surface area contributed by atoms with E-state index in [1.807, 2.05) is 6.07 Å². The number of aromatic nitrogens is 1. The van der Waals surface area contributed by atoms with Crippen LogP contribution >= 0.6 is 15.9 Å². The minimum absolute atomic E-state index is 0.269. The molecule has 0 saturated carbocycles. The fourth-order valence-corrected chi connectivity index (χ4v) is 1.77. The largest absolute Gasteiger partial charge is 0.478 e. The molecule has 0 aliphatic carbocycles. The van der Waals surface area contributed by atoms with E-state index in [9.17, 15) is 4.79 Å². The monoisotopic (exact) mass is 269 g/mol. The van der Waals surface area contributed by atoms with Crippen molar-refractivity contribution >= 4 is 21.9 Å². The minimum Gasteiger partial charge on any atom is -0.478 e. The van der Waals surface area contributed by atoms with Gasteiger partial charge in [-0.2, -0.15) is 0 Å². The van der Waals surface area contributed by atoms with Gasteiger partial charge in [-0.25, -0.2) is 4.79 Å². The Morgan fingerprint density at radius 2 is 2.40 bits per heavy atom. The summed E-state index contributed by atoms with van der Waals surface area (Å²) in [5.74, 6) is -0.929. The van der Waals surface area contributed by atoms with E-state index in [1.54, 1.807) is 29.4 Å². The van der Waals surface area contributed by atoms with Crippen molar-refractivity contribution < 1.29 is 14.3 Å². The molecule has 2 aromatic heterocycles. The number of furan rings is 1. The zero-order chi connectivity index (χ0) is 10.8. The summed E-state index contributed by atoms with van der Waals surface area (Å²) in [6.45, 7) is 0.588. The summed E-state index contributed by atoms with van der Waals surface area (Å²) in [6, 6.07) is 3.41. The lowest BCUT2D eigenvalue weighted by Crippen LogP contribution is -1.98. The van der Waals surface area contributed by atoms with Crippen molar-refractivity contribution in [2.45, 2.75) is 6.54 Å². The second-order valence-corrected chi connectivity index (χ2v) is 3.93. The summed E-state index contributed by atoms with van der Waals surface area (Å²) in [7, 11) is 0. The normalized spacial score (nSPS) is 10.5. The molecule has 5 heteroatoms. The molecule has 0 unspecified atom stereocenters. The van der Waals surface area contributed by atoms with Gasteiger partial charge in [0.25, 0.3) is 0 Å². The number of hydrogen-bond donors (Lipinski definition) is 1. The molecule has 78 valence electrons. The first kappa shape index (κ1) is 10.0. The smallest absolute Gasteiger partial charge is 0.337 e. The second-order valence-electron chi connectivity index (χ2n) is 3.12. The van der Waals surface area contributed by atoms with E-state index >= 15 is 0 Å². The van der Waals surface area contributed by atoms with Crippen LogP contribution in [0.4, 0.5) is 0 Å². The fourth-order valence-electron chi connectivity index (χ4n) is 1.30. The zero-order valence-corrected chi connectivity index (χ0v) is 9.27. The number of hydrogen-bond acceptors (Lipinski definition) is 2. The van der Waals surface area contributed by atoms with Crippen molar-refractivity contribution in [1.29, 1.82) is 0 Å². The molecule has 0 bridgehead atoms. The van der Waals surface area contributed by atoms with Crippen LogP contribution in [0.2, 0.25) is 0 Å². The summed E-state index contributed by atoms with van der Waals surface area (Å²) >= 11 is 3.30. The Hall–Kier alpha value is -1.49. The topological polar surface area (TPSA) is 55.4 Å². The molecule has 0 aliphatic rings. The molecule has 0 aromatic carbocycles. The number of carboxylic acids is 1. The van der Waals surface area contributed by atoms with Gasteiger partial charge in [0, 0.05) is 11.8 Å². The Morgan fingerprint density at radius 3 is 2.93 bits per heavy atom. The number of carboxylic acid groups (broad SMARTS) is 1. The van der Waals surface area contributed by atoms with Crippen LogP contribution in [-0.2, 0) is 6.54 Å². The first-order valence-corrected chi connectivity index (χ1v) is 5.06. The van der Waals surface area contributed by atoms with Gasteiger partial charge in [0.15, 0.2) is 0 Å². The van der Waals surface area contributed by atoms with Gasteiger partial charge >= 0.3 is 5.97 Å². The maximum atomic E-state index is 10.7. The first-order valence-electron chi connectivity index (χ1n) is 4.27. The van der Waals surface area contributed by atoms with Crippen LogP contribution < -0.4 is 0 Å². The van der Waals surface area contributed by atoms with Crippen molar-refractivity contribution in [3.8, 4) is 0 Å². The number of rotatable bonds is 3. The van der Waals surface area contributed by atoms with Crippen LogP contribution in [0.25, 0.3) is 0 Å². The molecule has 0 atom stereocenters. The highest BCUT2D eigenvalue weighted by molar-refractivity contribution is 9.10. The van der Waals surface area contributed by atoms with Crippen molar-refractivity contribution in [3.05, 3.63) is 46.6 Å². The third-order valence-corrected chi connectivity index (χ3v) is 2.71. The lowest BCUT2D eigenvalue weighted by Gasteiger charge is -2.01. The third-order valence-electron chi connectivity index (χ3n) is 2.02. The fraction of sp³-hybridized carbons (Fsp3) is 0.100. The van der Waals surface area contributed by atoms with E-state index in [0.29, 0.717) is 6.54 Å². The molecule has 0 spiro atoms. The van der Waals surface area contributed by atoms with Gasteiger partial charge in [0.2, 0.25) is 0 Å². The molecular weight excluding hydrogens is 262 g/mol. The van der Waals surface area contributed by atoms with Gasteiger partial charge in [-0.05, 0) is 28.1 Å². The van der Waals surface area contributed by atoms with E-state index < -0.39 is 5.97 Å². The molecule has 0 saturated heterocycles. The Kier molecular flexibility index (Phi) is 2.64. The van der Waals surface area contributed by atoms with E-state index in [4.69, 9.17) is 9.52 Å². The number of nitrogens with zero attached hydrogens (tertiary/aromatic N) is 1. The van der Waals surface area contributed by atoms with Crippen LogP contribution in [0.1, 0.15) is 15.9 Å². The van der Waals surface area contributed by atoms with Crippen LogP contribution in [-0.4, -0.2) is 15.6 Å². The highest BCUT2D eigenvalue weighted by Crippen LogP contribution is 2.17. The van der Waals surface area contributed by atoms with Crippen LogP contribution in [0.15, 0.2) is 39.9 Å². The number of carbonyl (C=O) groups is 1. The SMILES string of the molecule is O=C(O)c1cc(Br)n(Cc2ccoc2)c1. The summed E-state index contributed by atoms with van der Waals surface area (Å²) < 4.78 is 7.47. The molecule has 0 fully saturated rings. The van der Waals surface area contributed by atoms with Crippen molar-refractivity contribution in [2.75, 3.05) is 0 Å². The highest BCUT2D eigenvalue weighted by Gasteiger charge is 2.09. The van der Waals surface area contributed by atoms with Crippen LogP contribution in [0.3, 0.4) is 0 Å². The average molecular weight is 270 g/mol. The standard InChI is InChI=1S/C10H8BrNO3/c11-9-3-8(10(13)14)5-12(9)4-7-1-2-15-6-7/h1-3,5-6H,4H2,(H,13,14). The molecule has 1 N–H and O–H groups in total. The van der Waals surface area contributed by atoms with Crippen molar-refractivity contribution in [3.63, 3.8) is 0 Å². The average Bonchev–Trinajstić information content (AvgIpc) is 2.77. The van der Waals surface area contributed by atoms with E-state index in [-0.39, 0.29) is 5.56 Å². The molecular formula is C10H8BrNO3. The maximum Gasteiger partial charge on any atom is 0.337 e. The Balaban J connectivity index is 2.25. The summed E-state index contributed by atoms with van der Waals surface area (Å²) in [6.07, 6.45) is 4.80. The van der Waals surface area contributed by atoms with Crippen LogP contribution in [0.5, 0.6) is 0 Å². The Bertz CT molecular complexity index is 473. The number of aromatic carboxylic acids is 1. The molecule has 2 aromatic rings. The van der Waals surface area contributed by atoms with Gasteiger partial charge in [0.1, 0.15) is 0 Å². The predicted molar refractivity (Wildman–Crippen MR) is 56.9 cm³/mol. The first-order chi connectivity index (χ1) is 7.16. The van der Waals surface area contributed by atoms with Crippen molar-refractivity contribution in [2.24, 2.45) is 0 Å². The van der Waals surface area contributed by atoms with E-state index in [2.05, 4.69) is 15.9 Å². The van der Waals surface area contributed by atoms with Crippen molar-refractivity contribution in [1.82, 2.24) is 4.57 Å². The van der Waals surface area contributed by atoms with E-state index in [0.717, 1.165) is 10.2 Å². The molecule has 15 heavy (non-hydrogen) atoms. The Labute approximate surface area is 94.3 Å². The zero-order valence-electron chi connectivity index (χ0n) is 7.68. The van der Waals surface area contributed by atoms with Gasteiger partial charge < -0.3 is 14.1 Å². The highest BCUT2D eigenvalue weighted by atomic mass is 79.9. The maximum absolute atomic E-state index is 10.7. The summed E-state index contributed by atoms with van der Waals surface area (Å²) in [4.78, 5) is 10.7. The van der Waals surface area contributed by atoms with Gasteiger partial charge in [-0.15, -0.1) is 0 Å². The third kappa shape index (κ3) is 2.12. The van der Waals surface area contributed by atoms with Gasteiger partial charge in [-0.1, -0.05) is 0 Å². The quantitative estimate of drug-likeness (QED) is 0.932. The second kappa shape index (κ2) is 3.94. The van der Waals surface area contributed by atoms with Crippen LogP contribution in [0, 0.1) is 0 Å². The van der Waals surface area contributed by atoms with Gasteiger partial charge in [-0.3, -0.25) is 0 Å². The summed E-state index contributed by atoms with van der Waals surface area (Å²) in [5, 5.41) is 8.80. The molecule has 4 nitrogen and oxygen atoms in total. The predicted octanol–water partition coefficient (Wildman–Crippen LogP) is 2.59. The molecule has 0 aliphatic heterocycles. The molecule has 2 heterocycles.